The molecule has 3 rings (SSSR count). The second kappa shape index (κ2) is 15.0. The topological polar surface area (TPSA) is 125 Å². The quantitative estimate of drug-likeness (QED) is 0.189. The van der Waals surface area contributed by atoms with Crippen LogP contribution in [0.1, 0.15) is 119 Å². The zero-order valence-corrected chi connectivity index (χ0v) is 34.6. The lowest BCUT2D eigenvalue weighted by atomic mass is 10.1. The minimum absolute atomic E-state index is 0.0353. The molecule has 0 radical (unpaired) electrons. The van der Waals surface area contributed by atoms with Gasteiger partial charge in [-0.2, -0.15) is 9.97 Å². The molecule has 0 bridgehead atoms. The first kappa shape index (κ1) is 40.8. The van der Waals surface area contributed by atoms with Crippen LogP contribution in [0.5, 0.6) is 0 Å². The van der Waals surface area contributed by atoms with Gasteiger partial charge in [-0.1, -0.05) is 27.7 Å². The van der Waals surface area contributed by atoms with E-state index in [1.54, 1.807) is 12.5 Å². The highest BCUT2D eigenvalue weighted by molar-refractivity contribution is 6.74. The van der Waals surface area contributed by atoms with E-state index in [1.807, 2.05) is 93.7 Å². The Balaban J connectivity index is 2.39. The van der Waals surface area contributed by atoms with E-state index in [1.165, 1.54) is 9.80 Å². The van der Waals surface area contributed by atoms with E-state index in [0.29, 0.717) is 17.6 Å². The summed E-state index contributed by atoms with van der Waals surface area (Å²) in [6.45, 7) is 33.9. The molecule has 0 spiro atoms. The van der Waals surface area contributed by atoms with Crippen LogP contribution in [0.15, 0.2) is 18.6 Å². The number of hydrogen-bond acceptors (Lipinski definition) is 9. The second-order valence-corrected chi connectivity index (χ2v) is 21.7. The first-order chi connectivity index (χ1) is 22.8. The Morgan fingerprint density at radius 3 is 1.98 bits per heavy atom. The van der Waals surface area contributed by atoms with Crippen LogP contribution >= 0.6 is 0 Å². The van der Waals surface area contributed by atoms with Crippen LogP contribution in [0.2, 0.25) is 18.1 Å². The molecule has 0 saturated heterocycles. The number of amides is 2. The summed E-state index contributed by atoms with van der Waals surface area (Å²) in [4.78, 5) is 50.7. The Labute approximate surface area is 300 Å². The third kappa shape index (κ3) is 9.80. The van der Waals surface area contributed by atoms with Gasteiger partial charge in [0, 0.05) is 17.9 Å². The average molecular weight is 712 g/mol. The number of anilines is 2. The average Bonchev–Trinajstić information content (AvgIpc) is 3.36. The third-order valence-electron chi connectivity index (χ3n) is 8.89. The highest BCUT2D eigenvalue weighted by atomic mass is 28.4. The van der Waals surface area contributed by atoms with Gasteiger partial charge >= 0.3 is 12.2 Å². The van der Waals surface area contributed by atoms with Gasteiger partial charge < -0.3 is 18.5 Å². The highest BCUT2D eigenvalue weighted by Gasteiger charge is 2.43. The van der Waals surface area contributed by atoms with Gasteiger partial charge in [-0.15, -0.1) is 0 Å². The van der Waals surface area contributed by atoms with Crippen molar-refractivity contribution in [2.24, 2.45) is 0 Å². The van der Waals surface area contributed by atoms with Gasteiger partial charge in [0.05, 0.1) is 25.0 Å². The summed E-state index contributed by atoms with van der Waals surface area (Å²) >= 11 is 0. The lowest BCUT2D eigenvalue weighted by Gasteiger charge is -2.42. The summed E-state index contributed by atoms with van der Waals surface area (Å²) in [5.41, 5.74) is 1.90. The summed E-state index contributed by atoms with van der Waals surface area (Å²) in [5, 5.41) is -0.0560. The number of rotatable bonds is 10. The van der Waals surface area contributed by atoms with Crippen LogP contribution in [0, 0.1) is 13.8 Å². The molecule has 0 aliphatic heterocycles. The third-order valence-corrected chi connectivity index (χ3v) is 13.5. The lowest BCUT2D eigenvalue weighted by molar-refractivity contribution is 0.0520. The maximum atomic E-state index is 14.3. The Bertz CT molecular complexity index is 1670. The van der Waals surface area contributed by atoms with Gasteiger partial charge in [0.1, 0.15) is 11.2 Å². The van der Waals surface area contributed by atoms with Crippen molar-refractivity contribution in [3.63, 3.8) is 0 Å². The fourth-order valence-corrected chi connectivity index (χ4v) is 6.73. The van der Waals surface area contributed by atoms with E-state index in [0.717, 1.165) is 16.8 Å². The van der Waals surface area contributed by atoms with Gasteiger partial charge in [0.15, 0.2) is 25.3 Å². The number of imidazole rings is 1. The Kier molecular flexibility index (Phi) is 12.2. The number of pyridine rings is 1. The van der Waals surface area contributed by atoms with Crippen molar-refractivity contribution >= 4 is 43.4 Å². The van der Waals surface area contributed by atoms with E-state index < -0.39 is 43.9 Å². The highest BCUT2D eigenvalue weighted by Crippen LogP contribution is 2.39. The van der Waals surface area contributed by atoms with Crippen LogP contribution in [0.4, 0.5) is 21.4 Å². The number of aryl methyl sites for hydroxylation is 2. The number of fused-ring (bicyclic) bond motifs is 1. The van der Waals surface area contributed by atoms with Crippen molar-refractivity contribution in [2.75, 3.05) is 9.80 Å². The van der Waals surface area contributed by atoms with Crippen molar-refractivity contribution in [1.29, 1.82) is 0 Å². The number of ether oxygens (including phenoxy) is 2. The van der Waals surface area contributed by atoms with Crippen molar-refractivity contribution < 1.29 is 23.5 Å². The SMILES string of the molecule is CC[C@@H](C(C)O[Si](C)(C)C(C)(C)C)N(C(=O)OC(C)(C)C)c1nc(N(Cc2cnc(C)cc2C)C(=O)OC(C)(C)C)c2ncn(C(C)C)c2n1. The number of carbonyl (C=O) groups is 2. The Morgan fingerprint density at radius 1 is 0.900 bits per heavy atom. The lowest BCUT2D eigenvalue weighted by Crippen LogP contribution is -2.53. The molecular formula is C37H61N7O5Si. The molecule has 0 aliphatic carbocycles. The number of nitrogens with zero attached hydrogens (tertiary/aromatic N) is 7. The molecule has 50 heavy (non-hydrogen) atoms. The van der Waals surface area contributed by atoms with E-state index in [9.17, 15) is 9.59 Å². The molecule has 278 valence electrons. The standard InChI is InChI=1S/C37H61N7O5Si/c1-18-28(26(6)49-50(16,17)37(13,14)15)44(34(46)48-36(10,11)12)32-40-30(29-31(41-32)43(22-39-29)23(2)3)42(33(45)47-35(7,8)9)21-27-20-38-25(5)19-24(27)4/h19-20,22-23,26,28H,18,21H2,1-17H3/t26?,28-/m0/s1. The fraction of sp³-hybridized carbons (Fsp3) is 0.676. The van der Waals surface area contributed by atoms with Gasteiger partial charge in [-0.3, -0.25) is 9.88 Å². The van der Waals surface area contributed by atoms with Crippen molar-refractivity contribution in [3.05, 3.63) is 35.4 Å². The normalized spacial score (nSPS) is 14.1. The summed E-state index contributed by atoms with van der Waals surface area (Å²) in [7, 11) is -2.26. The minimum atomic E-state index is -2.26. The second-order valence-electron chi connectivity index (χ2n) is 17.0. The largest absolute Gasteiger partial charge is 0.443 e. The molecular weight excluding hydrogens is 651 g/mol. The maximum absolute atomic E-state index is 14.3. The van der Waals surface area contributed by atoms with Gasteiger partial charge in [0.25, 0.3) is 0 Å². The van der Waals surface area contributed by atoms with Crippen LogP contribution in [-0.4, -0.2) is 68.4 Å². The van der Waals surface area contributed by atoms with Gasteiger partial charge in [-0.25, -0.2) is 19.5 Å². The van der Waals surface area contributed by atoms with Crippen molar-refractivity contribution in [3.8, 4) is 0 Å². The molecule has 1 unspecified atom stereocenters. The molecule has 0 saturated carbocycles. The van der Waals surface area contributed by atoms with Crippen LogP contribution in [0.25, 0.3) is 11.2 Å². The fourth-order valence-electron chi connectivity index (χ4n) is 5.29. The predicted octanol–water partition coefficient (Wildman–Crippen LogP) is 9.29. The van der Waals surface area contributed by atoms with E-state index >= 15 is 0 Å². The molecule has 12 nitrogen and oxygen atoms in total. The summed E-state index contributed by atoms with van der Waals surface area (Å²) in [6.07, 6.45) is 2.34. The first-order valence-corrected chi connectivity index (χ1v) is 20.5. The van der Waals surface area contributed by atoms with Crippen LogP contribution in [-0.2, 0) is 20.4 Å². The number of hydrogen-bond donors (Lipinski definition) is 0. The summed E-state index contributed by atoms with van der Waals surface area (Å²) in [6, 6.07) is 1.43. The minimum Gasteiger partial charge on any atom is -0.443 e. The predicted molar refractivity (Wildman–Crippen MR) is 202 cm³/mol. The number of carbonyl (C=O) groups excluding carboxylic acids is 2. The molecule has 0 aliphatic rings. The Morgan fingerprint density at radius 2 is 1.48 bits per heavy atom. The van der Waals surface area contributed by atoms with E-state index in [-0.39, 0.29) is 29.4 Å². The zero-order valence-electron chi connectivity index (χ0n) is 33.6. The van der Waals surface area contributed by atoms with Crippen LogP contribution in [0.3, 0.4) is 0 Å². The molecule has 0 fully saturated rings. The summed E-state index contributed by atoms with van der Waals surface area (Å²) < 4.78 is 20.7. The van der Waals surface area contributed by atoms with E-state index in [2.05, 4.69) is 38.8 Å². The van der Waals surface area contributed by atoms with Gasteiger partial charge in [-0.05, 0) is 118 Å². The molecule has 0 aromatic carbocycles. The van der Waals surface area contributed by atoms with Gasteiger partial charge in [0.2, 0.25) is 5.95 Å². The summed E-state index contributed by atoms with van der Waals surface area (Å²) in [5.74, 6) is 0.286. The molecule has 3 aromatic rings. The molecule has 3 heterocycles. The van der Waals surface area contributed by atoms with Crippen molar-refractivity contribution in [2.45, 2.75) is 164 Å². The molecule has 2 atom stereocenters. The first-order valence-electron chi connectivity index (χ1n) is 17.6. The number of aromatic nitrogens is 5. The van der Waals surface area contributed by atoms with Crippen LogP contribution < -0.4 is 9.80 Å². The molecule has 0 N–H and O–H groups in total. The maximum Gasteiger partial charge on any atom is 0.417 e. The van der Waals surface area contributed by atoms with Crippen molar-refractivity contribution in [1.82, 2.24) is 24.5 Å². The smallest absolute Gasteiger partial charge is 0.417 e. The zero-order chi connectivity index (χ0) is 38.1. The van der Waals surface area contributed by atoms with E-state index in [4.69, 9.17) is 28.9 Å². The Hall–Kier alpha value is -3.58. The molecule has 2 amide bonds. The molecule has 3 aromatic heterocycles. The molecule has 13 heteroatoms. The monoisotopic (exact) mass is 711 g/mol.